The fourth-order valence-corrected chi connectivity index (χ4v) is 16.5. The lowest BCUT2D eigenvalue weighted by molar-refractivity contribution is -0.364. The van der Waals surface area contributed by atoms with Crippen LogP contribution >= 0.6 is 0 Å². The Hall–Kier alpha value is -0.660. The van der Waals surface area contributed by atoms with Gasteiger partial charge in [-0.2, -0.15) is 0 Å². The van der Waals surface area contributed by atoms with Crippen molar-refractivity contribution in [2.75, 3.05) is 0 Å². The molecule has 0 radical (unpaired) electrons. The van der Waals surface area contributed by atoms with Crippen molar-refractivity contribution in [3.8, 4) is 0 Å². The van der Waals surface area contributed by atoms with Gasteiger partial charge >= 0.3 is 0 Å². The van der Waals surface area contributed by atoms with Crippen LogP contribution in [0.15, 0.2) is 0 Å². The van der Waals surface area contributed by atoms with Crippen molar-refractivity contribution in [2.45, 2.75) is 25.7 Å². The summed E-state index contributed by atoms with van der Waals surface area (Å²) in [6.07, 6.45) is 5.75. The van der Waals surface area contributed by atoms with Crippen LogP contribution in [-0.2, 0) is 9.59 Å². The van der Waals surface area contributed by atoms with Gasteiger partial charge in [-0.05, 0) is 94.7 Å². The largest absolute Gasteiger partial charge is 0.299 e. The molecule has 15 aliphatic rings. The van der Waals surface area contributed by atoms with Gasteiger partial charge in [-0.15, -0.1) is 0 Å². The highest BCUT2D eigenvalue weighted by molar-refractivity contribution is 6.07. The quantitative estimate of drug-likeness (QED) is 0.686. The number of hydrogen-bond donors (Lipinski definition) is 0. The Bertz CT molecular complexity index is 792. The summed E-state index contributed by atoms with van der Waals surface area (Å²) in [5.74, 6) is 9.67. The molecule has 0 aromatic heterocycles. The Kier molecular flexibility index (Phi) is 0.924. The van der Waals surface area contributed by atoms with Crippen LogP contribution in [0.3, 0.4) is 0 Å². The molecule has 4 spiro atoms. The van der Waals surface area contributed by atoms with Gasteiger partial charge < -0.3 is 0 Å². The van der Waals surface area contributed by atoms with E-state index in [1.807, 2.05) is 0 Å². The maximum Gasteiger partial charge on any atom is 0.140 e. The zero-order valence-electron chi connectivity index (χ0n) is 13.6. The molecule has 0 N–H and O–H groups in total. The molecule has 15 saturated carbocycles. The van der Waals surface area contributed by atoms with Gasteiger partial charge in [-0.3, -0.25) is 9.59 Å². The van der Waals surface area contributed by atoms with Gasteiger partial charge in [0.15, 0.2) is 0 Å². The minimum absolute atomic E-state index is 0.389. The van der Waals surface area contributed by atoms with Gasteiger partial charge in [0.05, 0.1) is 0 Å². The minimum Gasteiger partial charge on any atom is -0.299 e. The second-order valence-corrected chi connectivity index (χ2v) is 12.1. The highest BCUT2D eigenvalue weighted by Gasteiger charge is 3.20. The Morgan fingerprint density at radius 2 is 0.792 bits per heavy atom. The molecule has 24 heavy (non-hydrogen) atoms. The highest BCUT2D eigenvalue weighted by atomic mass is 16.1. The fourth-order valence-electron chi connectivity index (χ4n) is 16.5. The van der Waals surface area contributed by atoms with Crippen molar-refractivity contribution >= 4 is 11.6 Å². The molecule has 0 saturated heterocycles. The highest BCUT2D eigenvalue weighted by Crippen LogP contribution is 3.19. The first-order chi connectivity index (χ1) is 11.8. The summed E-state index contributed by atoms with van der Waals surface area (Å²) >= 11 is 0. The molecule has 0 aromatic carbocycles. The molecule has 0 heterocycles. The topological polar surface area (TPSA) is 34.1 Å². The van der Waals surface area contributed by atoms with Crippen LogP contribution in [0.5, 0.6) is 0 Å². The molecule has 15 rings (SSSR count). The lowest BCUT2D eigenvalue weighted by Gasteiger charge is -2.81. The Morgan fingerprint density at radius 1 is 0.500 bits per heavy atom. The van der Waals surface area contributed by atoms with Crippen LogP contribution in [0, 0.1) is 92.7 Å². The van der Waals surface area contributed by atoms with Crippen molar-refractivity contribution in [1.82, 2.24) is 0 Å². The standard InChI is InChI=1S/C22H20O2/c23-17-13-11-12-15(17)21-7-3-4-8-10-6-2-1-5(9(7)10)19(13,21)20(6)14(11)18(24)16(12)22(8,20)21/h5-16H,1-4H2/t5-,6+,7+,8-,9?,10?,11?,12?,13+,14-,15-,16+,19?,20?,21?,22?. The van der Waals surface area contributed by atoms with E-state index in [1.165, 1.54) is 25.7 Å². The predicted molar refractivity (Wildman–Crippen MR) is 80.1 cm³/mol. The molecule has 12 atom stereocenters. The normalized spacial score (nSPS) is 93.2. The summed E-state index contributed by atoms with van der Waals surface area (Å²) < 4.78 is 0. The molecule has 0 aliphatic heterocycles. The maximum atomic E-state index is 13.7. The van der Waals surface area contributed by atoms with E-state index in [0.29, 0.717) is 57.2 Å². The lowest BCUT2D eigenvalue weighted by Crippen LogP contribution is -2.79. The van der Waals surface area contributed by atoms with E-state index < -0.39 is 0 Å². The van der Waals surface area contributed by atoms with Crippen LogP contribution in [0.2, 0.25) is 0 Å². The SMILES string of the molecule is O=C1[C@@H]2C3C4[C@H]5C(=O)[C@@H]3C36[C@H]7CC[C@@H]8C9C7[C@H]7CC[C@@H]9C([C@@H]14)(C823)C756. The summed E-state index contributed by atoms with van der Waals surface area (Å²) in [6.45, 7) is 0. The molecular weight excluding hydrogens is 296 g/mol. The summed E-state index contributed by atoms with van der Waals surface area (Å²) in [7, 11) is 0. The van der Waals surface area contributed by atoms with E-state index >= 15 is 0 Å². The van der Waals surface area contributed by atoms with E-state index in [9.17, 15) is 9.59 Å². The summed E-state index contributed by atoms with van der Waals surface area (Å²) in [5.41, 5.74) is 1.60. The summed E-state index contributed by atoms with van der Waals surface area (Å²) in [4.78, 5) is 27.3. The van der Waals surface area contributed by atoms with Gasteiger partial charge in [-0.25, -0.2) is 0 Å². The number of fused-ring (bicyclic) bond motifs is 2. The zero-order valence-corrected chi connectivity index (χ0v) is 13.6. The van der Waals surface area contributed by atoms with Crippen LogP contribution < -0.4 is 0 Å². The minimum atomic E-state index is 0.389. The second kappa shape index (κ2) is 2.12. The Labute approximate surface area is 140 Å². The molecule has 0 amide bonds. The van der Waals surface area contributed by atoms with Crippen LogP contribution in [-0.4, -0.2) is 11.6 Å². The Balaban J connectivity index is 1.51. The van der Waals surface area contributed by atoms with Crippen molar-refractivity contribution < 1.29 is 9.59 Å². The number of Topliss-reactive ketones (excluding diaryl/α,β-unsaturated/α-hetero) is 2. The van der Waals surface area contributed by atoms with Gasteiger partial charge in [0.2, 0.25) is 0 Å². The van der Waals surface area contributed by atoms with Crippen LogP contribution in [0.1, 0.15) is 25.7 Å². The summed E-state index contributed by atoms with van der Waals surface area (Å²) in [6, 6.07) is 0. The number of hydrogen-bond acceptors (Lipinski definition) is 2. The van der Waals surface area contributed by atoms with Crippen molar-refractivity contribution in [1.29, 1.82) is 0 Å². The molecule has 4 unspecified atom stereocenters. The van der Waals surface area contributed by atoms with E-state index in [0.717, 1.165) is 47.1 Å². The van der Waals surface area contributed by atoms with Gasteiger partial charge in [0.1, 0.15) is 11.6 Å². The van der Waals surface area contributed by atoms with Gasteiger partial charge in [0, 0.05) is 23.7 Å². The smallest absolute Gasteiger partial charge is 0.140 e. The van der Waals surface area contributed by atoms with E-state index in [4.69, 9.17) is 0 Å². The first-order valence-corrected chi connectivity index (χ1v) is 10.8. The number of ketones is 2. The lowest BCUT2D eigenvalue weighted by atomic mass is 9.21. The molecule has 120 valence electrons. The summed E-state index contributed by atoms with van der Waals surface area (Å²) in [5, 5.41) is 0. The van der Waals surface area contributed by atoms with Crippen molar-refractivity contribution in [3.63, 3.8) is 0 Å². The number of carbonyl (C=O) groups is 2. The third-order valence-corrected chi connectivity index (χ3v) is 14.1. The van der Waals surface area contributed by atoms with Gasteiger partial charge in [-0.1, -0.05) is 0 Å². The third kappa shape index (κ3) is 0.396. The Morgan fingerprint density at radius 3 is 1.08 bits per heavy atom. The molecule has 15 aliphatic carbocycles. The van der Waals surface area contributed by atoms with Crippen molar-refractivity contribution in [2.24, 2.45) is 92.7 Å². The fraction of sp³-hybridized carbons (Fsp3) is 0.909. The molecule has 0 aromatic rings. The molecular formula is C22H20O2. The number of carbonyl (C=O) groups excluding carboxylic acids is 2. The average Bonchev–Trinajstić information content (AvgIpc) is 3.29. The van der Waals surface area contributed by atoms with Crippen LogP contribution in [0.25, 0.3) is 0 Å². The van der Waals surface area contributed by atoms with E-state index in [1.54, 1.807) is 0 Å². The second-order valence-electron chi connectivity index (χ2n) is 12.1. The maximum absolute atomic E-state index is 13.7. The molecule has 2 nitrogen and oxygen atoms in total. The van der Waals surface area contributed by atoms with Crippen molar-refractivity contribution in [3.05, 3.63) is 0 Å². The van der Waals surface area contributed by atoms with E-state index in [-0.39, 0.29) is 0 Å². The molecule has 2 heteroatoms. The first-order valence-electron chi connectivity index (χ1n) is 10.8. The zero-order chi connectivity index (χ0) is 14.9. The molecule has 14 bridgehead atoms. The van der Waals surface area contributed by atoms with Gasteiger partial charge in [0.25, 0.3) is 0 Å². The third-order valence-electron chi connectivity index (χ3n) is 14.1. The monoisotopic (exact) mass is 316 g/mol. The first kappa shape index (κ1) is 10.5. The predicted octanol–water partition coefficient (Wildman–Crippen LogP) is 2.17. The number of rotatable bonds is 0. The molecule has 15 fully saturated rings. The van der Waals surface area contributed by atoms with E-state index in [2.05, 4.69) is 0 Å². The average molecular weight is 316 g/mol. The van der Waals surface area contributed by atoms with Crippen LogP contribution in [0.4, 0.5) is 0 Å².